The highest BCUT2D eigenvalue weighted by atomic mass is 16.2. The molecule has 0 N–H and O–H groups in total. The van der Waals surface area contributed by atoms with E-state index in [-0.39, 0.29) is 6.04 Å². The zero-order valence-electron chi connectivity index (χ0n) is 12.8. The van der Waals surface area contributed by atoms with Crippen molar-refractivity contribution in [1.29, 1.82) is 0 Å². The molecule has 3 fully saturated rings. The van der Waals surface area contributed by atoms with Crippen molar-refractivity contribution in [1.82, 2.24) is 4.90 Å². The molecule has 0 radical (unpaired) electrons. The molecule has 1 aromatic rings. The van der Waals surface area contributed by atoms with Crippen molar-refractivity contribution < 1.29 is 9.28 Å². The number of amides is 1. The molecule has 4 nitrogen and oxygen atoms in total. The predicted octanol–water partition coefficient (Wildman–Crippen LogP) is 1.11. The Balaban J connectivity index is 1.58. The number of carbonyl (C=O) groups excluding carboxylic acids is 1. The molecule has 0 aromatic heterocycles. The Kier molecular flexibility index (Phi) is 3.05. The summed E-state index contributed by atoms with van der Waals surface area (Å²) in [5, 5.41) is 0. The molecule has 0 aliphatic carbocycles. The molecule has 4 aliphatic rings. The van der Waals surface area contributed by atoms with Crippen molar-refractivity contribution >= 4 is 11.6 Å². The molecular formula is C17H24N3O+. The van der Waals surface area contributed by atoms with Crippen LogP contribution < -0.4 is 4.90 Å². The van der Waals surface area contributed by atoms with E-state index in [0.717, 1.165) is 62.4 Å². The van der Waals surface area contributed by atoms with Gasteiger partial charge in [0.2, 0.25) is 0 Å². The van der Waals surface area contributed by atoms with Crippen LogP contribution in [0.1, 0.15) is 12.5 Å². The first-order valence-corrected chi connectivity index (χ1v) is 8.17. The van der Waals surface area contributed by atoms with E-state index in [4.69, 9.17) is 0 Å². The van der Waals surface area contributed by atoms with Gasteiger partial charge in [0.1, 0.15) is 0 Å². The smallest absolute Gasteiger partial charge is 0.285 e. The third-order valence-electron chi connectivity index (χ3n) is 5.92. The number of hydrogen-bond donors (Lipinski definition) is 0. The minimum absolute atomic E-state index is 0.0959. The second-order valence-corrected chi connectivity index (χ2v) is 6.78. The maximum atomic E-state index is 13.1. The van der Waals surface area contributed by atoms with Gasteiger partial charge in [-0.05, 0) is 25.0 Å². The normalized spacial score (nSPS) is 32.0. The number of hydrogen-bond acceptors (Lipinski definition) is 2. The zero-order chi connectivity index (χ0) is 14.4. The predicted molar refractivity (Wildman–Crippen MR) is 83.3 cm³/mol. The second-order valence-electron chi connectivity index (χ2n) is 6.78. The molecule has 3 saturated heterocycles. The number of anilines is 1. The van der Waals surface area contributed by atoms with E-state index in [1.807, 2.05) is 11.0 Å². The summed E-state index contributed by atoms with van der Waals surface area (Å²) >= 11 is 0. The highest BCUT2D eigenvalue weighted by Gasteiger charge is 2.46. The topological polar surface area (TPSA) is 23.6 Å². The number of rotatable bonds is 2. The van der Waals surface area contributed by atoms with Gasteiger partial charge in [-0.15, -0.1) is 0 Å². The van der Waals surface area contributed by atoms with Crippen LogP contribution in [-0.2, 0) is 11.2 Å². The largest absolute Gasteiger partial charge is 0.310 e. The Labute approximate surface area is 126 Å². The SMILES string of the molecule is C[C@@H](C(=O)N1CCc2ccccc21)[N+]12CCN(CC1)CC2. The monoisotopic (exact) mass is 286 g/mol. The fraction of sp³-hybridized carbons (Fsp3) is 0.588. The molecule has 0 saturated carbocycles. The number of fused-ring (bicyclic) bond motifs is 4. The molecule has 5 rings (SSSR count). The molecule has 4 heteroatoms. The first kappa shape index (κ1) is 13.3. The molecule has 4 heterocycles. The van der Waals surface area contributed by atoms with E-state index in [0.29, 0.717) is 5.91 Å². The summed E-state index contributed by atoms with van der Waals surface area (Å²) in [5.41, 5.74) is 2.46. The summed E-state index contributed by atoms with van der Waals surface area (Å²) in [7, 11) is 0. The van der Waals surface area contributed by atoms with Crippen LogP contribution in [0.2, 0.25) is 0 Å². The average Bonchev–Trinajstić information content (AvgIpc) is 2.99. The van der Waals surface area contributed by atoms with Crippen molar-refractivity contribution in [3.8, 4) is 0 Å². The van der Waals surface area contributed by atoms with Crippen LogP contribution in [0.15, 0.2) is 24.3 Å². The minimum Gasteiger partial charge on any atom is -0.310 e. The molecule has 0 spiro atoms. The van der Waals surface area contributed by atoms with Gasteiger partial charge in [-0.2, -0.15) is 0 Å². The van der Waals surface area contributed by atoms with E-state index in [9.17, 15) is 4.79 Å². The molecule has 2 bridgehead atoms. The number of quaternary nitrogens is 1. The van der Waals surface area contributed by atoms with Crippen LogP contribution in [0.25, 0.3) is 0 Å². The highest BCUT2D eigenvalue weighted by molar-refractivity contribution is 5.98. The fourth-order valence-corrected chi connectivity index (χ4v) is 4.30. The standard InChI is InChI=1S/C17H24N3O/c1-14(20-11-8-18(9-12-20)10-13-20)17(21)19-7-6-15-4-2-3-5-16(15)19/h2-5,14H,6-13H2,1H3/q+1/t14-/m0/s1. The van der Waals surface area contributed by atoms with Gasteiger partial charge >= 0.3 is 0 Å². The van der Waals surface area contributed by atoms with E-state index in [1.54, 1.807) is 0 Å². The van der Waals surface area contributed by atoms with Crippen LogP contribution in [0.5, 0.6) is 0 Å². The highest BCUT2D eigenvalue weighted by Crippen LogP contribution is 2.31. The van der Waals surface area contributed by atoms with Crippen LogP contribution in [0.3, 0.4) is 0 Å². The molecule has 4 aliphatic heterocycles. The van der Waals surface area contributed by atoms with Gasteiger partial charge in [0.05, 0.1) is 19.6 Å². The third-order valence-corrected chi connectivity index (χ3v) is 5.92. The van der Waals surface area contributed by atoms with E-state index in [2.05, 4.69) is 30.0 Å². The Morgan fingerprint density at radius 2 is 1.76 bits per heavy atom. The van der Waals surface area contributed by atoms with Gasteiger partial charge in [0.15, 0.2) is 6.04 Å². The molecule has 1 atom stereocenters. The lowest BCUT2D eigenvalue weighted by Gasteiger charge is -2.53. The Morgan fingerprint density at radius 1 is 1.10 bits per heavy atom. The number of nitrogens with zero attached hydrogens (tertiary/aromatic N) is 3. The van der Waals surface area contributed by atoms with Gasteiger partial charge < -0.3 is 9.38 Å². The van der Waals surface area contributed by atoms with Crippen LogP contribution in [0, 0.1) is 0 Å². The summed E-state index contributed by atoms with van der Waals surface area (Å²) < 4.78 is 1.01. The number of para-hydroxylation sites is 1. The van der Waals surface area contributed by atoms with Gasteiger partial charge in [0, 0.05) is 31.9 Å². The van der Waals surface area contributed by atoms with Gasteiger partial charge in [-0.1, -0.05) is 18.2 Å². The summed E-state index contributed by atoms with van der Waals surface area (Å²) in [6.07, 6.45) is 1.00. The molecule has 112 valence electrons. The van der Waals surface area contributed by atoms with Crippen molar-refractivity contribution in [2.24, 2.45) is 0 Å². The lowest BCUT2D eigenvalue weighted by atomic mass is 10.1. The third kappa shape index (κ3) is 2.00. The summed E-state index contributed by atoms with van der Waals surface area (Å²) in [6, 6.07) is 8.46. The zero-order valence-corrected chi connectivity index (χ0v) is 12.8. The lowest BCUT2D eigenvalue weighted by molar-refractivity contribution is -0.953. The van der Waals surface area contributed by atoms with Crippen molar-refractivity contribution in [3.63, 3.8) is 0 Å². The number of benzene rings is 1. The first-order valence-electron chi connectivity index (χ1n) is 8.17. The summed E-state index contributed by atoms with van der Waals surface area (Å²) in [4.78, 5) is 17.7. The molecular weight excluding hydrogens is 262 g/mol. The number of piperazine rings is 3. The summed E-state index contributed by atoms with van der Waals surface area (Å²) in [6.45, 7) is 9.92. The van der Waals surface area contributed by atoms with Crippen LogP contribution >= 0.6 is 0 Å². The van der Waals surface area contributed by atoms with Crippen molar-refractivity contribution in [3.05, 3.63) is 29.8 Å². The Morgan fingerprint density at radius 3 is 2.48 bits per heavy atom. The van der Waals surface area contributed by atoms with Crippen molar-refractivity contribution in [2.45, 2.75) is 19.4 Å². The van der Waals surface area contributed by atoms with Crippen LogP contribution in [0.4, 0.5) is 5.69 Å². The molecule has 0 unspecified atom stereocenters. The fourth-order valence-electron chi connectivity index (χ4n) is 4.30. The lowest BCUT2D eigenvalue weighted by Crippen LogP contribution is -2.72. The van der Waals surface area contributed by atoms with E-state index >= 15 is 0 Å². The Bertz CT molecular complexity index is 549. The quantitative estimate of drug-likeness (QED) is 0.761. The molecule has 1 amide bonds. The maximum Gasteiger partial charge on any atom is 0.285 e. The van der Waals surface area contributed by atoms with Gasteiger partial charge in [-0.25, -0.2) is 0 Å². The average molecular weight is 286 g/mol. The number of carbonyl (C=O) groups is 1. The minimum atomic E-state index is 0.0959. The molecule has 21 heavy (non-hydrogen) atoms. The Hall–Kier alpha value is -1.39. The van der Waals surface area contributed by atoms with Crippen LogP contribution in [-0.4, -0.2) is 67.1 Å². The first-order chi connectivity index (χ1) is 10.2. The van der Waals surface area contributed by atoms with Gasteiger partial charge in [-0.3, -0.25) is 9.69 Å². The summed E-state index contributed by atoms with van der Waals surface area (Å²) in [5.74, 6) is 0.329. The van der Waals surface area contributed by atoms with E-state index in [1.165, 1.54) is 5.56 Å². The molecule has 1 aromatic carbocycles. The van der Waals surface area contributed by atoms with Crippen molar-refractivity contribution in [2.75, 3.05) is 50.7 Å². The maximum absolute atomic E-state index is 13.1. The van der Waals surface area contributed by atoms with Gasteiger partial charge in [0.25, 0.3) is 5.91 Å². The van der Waals surface area contributed by atoms with E-state index < -0.39 is 0 Å². The second kappa shape index (κ2) is 4.82.